The molecule has 0 aromatic heterocycles. The van der Waals surface area contributed by atoms with Gasteiger partial charge in [-0.2, -0.15) is 0 Å². The number of carboxylic acid groups (broad SMARTS) is 1. The van der Waals surface area contributed by atoms with Gasteiger partial charge in [0, 0.05) is 6.04 Å². The first-order chi connectivity index (χ1) is 9.67. The predicted molar refractivity (Wildman–Crippen MR) is 78.7 cm³/mol. The van der Waals surface area contributed by atoms with Gasteiger partial charge in [0.15, 0.2) is 0 Å². The van der Waals surface area contributed by atoms with E-state index in [1.54, 1.807) is 6.07 Å². The van der Waals surface area contributed by atoms with Gasteiger partial charge in [-0.05, 0) is 24.0 Å². The molecule has 0 saturated carbocycles. The summed E-state index contributed by atoms with van der Waals surface area (Å²) in [5.74, 6) is -1.53. The summed E-state index contributed by atoms with van der Waals surface area (Å²) in [5, 5.41) is 13.9. The van der Waals surface area contributed by atoms with Crippen molar-refractivity contribution in [1.82, 2.24) is 5.32 Å². The molecule has 0 aliphatic carbocycles. The summed E-state index contributed by atoms with van der Waals surface area (Å²) in [5.41, 5.74) is -0.0781. The van der Waals surface area contributed by atoms with Crippen LogP contribution < -0.4 is 10.6 Å². The maximum absolute atomic E-state index is 13.4. The highest BCUT2D eigenvalue weighted by Crippen LogP contribution is 2.22. The Balaban J connectivity index is 2.67. The lowest BCUT2D eigenvalue weighted by atomic mass is 9.87. The first-order valence-electron chi connectivity index (χ1n) is 6.71. The highest BCUT2D eigenvalue weighted by molar-refractivity contribution is 5.89. The van der Waals surface area contributed by atoms with E-state index in [9.17, 15) is 14.0 Å². The Kier molecular flexibility index (Phi) is 5.69. The van der Waals surface area contributed by atoms with Crippen LogP contribution in [0.5, 0.6) is 0 Å². The third kappa shape index (κ3) is 6.74. The third-order valence-corrected chi connectivity index (χ3v) is 2.74. The first kappa shape index (κ1) is 16.9. The lowest BCUT2D eigenvalue weighted by Gasteiger charge is -2.25. The van der Waals surface area contributed by atoms with E-state index in [-0.39, 0.29) is 17.5 Å². The fraction of sp³-hybridized carbons (Fsp3) is 0.467. The molecule has 1 unspecified atom stereocenters. The molecule has 1 rings (SSSR count). The minimum atomic E-state index is -0.990. The van der Waals surface area contributed by atoms with Crippen molar-refractivity contribution in [1.29, 1.82) is 0 Å². The van der Waals surface area contributed by atoms with Gasteiger partial charge in [-0.3, -0.25) is 4.79 Å². The molecule has 0 spiro atoms. The number of carbonyl (C=O) groups excluding carboxylic acids is 1. The molecule has 5 nitrogen and oxygen atoms in total. The molecular weight excluding hydrogens is 275 g/mol. The maximum atomic E-state index is 13.4. The van der Waals surface area contributed by atoms with Crippen LogP contribution in [-0.4, -0.2) is 23.1 Å². The minimum absolute atomic E-state index is 0.0554. The summed E-state index contributed by atoms with van der Waals surface area (Å²) in [7, 11) is 0. The largest absolute Gasteiger partial charge is 0.481 e. The number of amides is 2. The van der Waals surface area contributed by atoms with Gasteiger partial charge in [0.2, 0.25) is 0 Å². The maximum Gasteiger partial charge on any atom is 0.319 e. The van der Waals surface area contributed by atoms with E-state index >= 15 is 0 Å². The quantitative estimate of drug-likeness (QED) is 0.780. The highest BCUT2D eigenvalue weighted by atomic mass is 19.1. The summed E-state index contributed by atoms with van der Waals surface area (Å²) < 4.78 is 13.4. The summed E-state index contributed by atoms with van der Waals surface area (Å²) in [4.78, 5) is 22.7. The van der Waals surface area contributed by atoms with Crippen LogP contribution >= 0.6 is 0 Å². The number of carboxylic acids is 1. The van der Waals surface area contributed by atoms with Gasteiger partial charge in [0.1, 0.15) is 5.82 Å². The molecule has 0 aliphatic rings. The smallest absolute Gasteiger partial charge is 0.319 e. The number of para-hydroxylation sites is 1. The van der Waals surface area contributed by atoms with Crippen LogP contribution in [0.1, 0.15) is 33.6 Å². The predicted octanol–water partition coefficient (Wildman–Crippen LogP) is 3.23. The number of benzene rings is 1. The number of hydrogen-bond acceptors (Lipinski definition) is 2. The zero-order chi connectivity index (χ0) is 16.0. The fourth-order valence-corrected chi connectivity index (χ4v) is 2.03. The second-order valence-electron chi connectivity index (χ2n) is 6.14. The van der Waals surface area contributed by atoms with Crippen molar-refractivity contribution in [3.05, 3.63) is 30.1 Å². The molecule has 6 heteroatoms. The number of urea groups is 1. The lowest BCUT2D eigenvalue weighted by molar-refractivity contribution is -0.137. The number of rotatable bonds is 5. The van der Waals surface area contributed by atoms with Crippen molar-refractivity contribution in [2.45, 2.75) is 39.7 Å². The van der Waals surface area contributed by atoms with E-state index in [0.717, 1.165) is 0 Å². The molecular formula is C15H21FN2O3. The molecule has 0 aliphatic heterocycles. The molecule has 0 bridgehead atoms. The van der Waals surface area contributed by atoms with Crippen molar-refractivity contribution in [3.8, 4) is 0 Å². The van der Waals surface area contributed by atoms with Crippen molar-refractivity contribution >= 4 is 17.7 Å². The zero-order valence-corrected chi connectivity index (χ0v) is 12.4. The number of hydrogen-bond donors (Lipinski definition) is 3. The van der Waals surface area contributed by atoms with E-state index in [1.165, 1.54) is 18.2 Å². The first-order valence-corrected chi connectivity index (χ1v) is 6.71. The van der Waals surface area contributed by atoms with E-state index in [4.69, 9.17) is 5.11 Å². The van der Waals surface area contributed by atoms with E-state index < -0.39 is 23.9 Å². The van der Waals surface area contributed by atoms with Gasteiger partial charge in [0.25, 0.3) is 0 Å². The molecule has 1 atom stereocenters. The van der Waals surface area contributed by atoms with Gasteiger partial charge in [0.05, 0.1) is 12.1 Å². The highest BCUT2D eigenvalue weighted by Gasteiger charge is 2.23. The lowest BCUT2D eigenvalue weighted by Crippen LogP contribution is -2.41. The van der Waals surface area contributed by atoms with Crippen molar-refractivity contribution in [3.63, 3.8) is 0 Å². The molecule has 3 N–H and O–H groups in total. The van der Waals surface area contributed by atoms with Gasteiger partial charge >= 0.3 is 12.0 Å². The second-order valence-corrected chi connectivity index (χ2v) is 6.14. The number of nitrogens with one attached hydrogen (secondary N) is 2. The molecule has 0 saturated heterocycles. The minimum Gasteiger partial charge on any atom is -0.481 e. The fourth-order valence-electron chi connectivity index (χ4n) is 2.03. The van der Waals surface area contributed by atoms with E-state index in [1.807, 2.05) is 20.8 Å². The van der Waals surface area contributed by atoms with Crippen LogP contribution in [0.25, 0.3) is 0 Å². The number of carbonyl (C=O) groups is 2. The Morgan fingerprint density at radius 2 is 1.90 bits per heavy atom. The van der Waals surface area contributed by atoms with Gasteiger partial charge in [-0.15, -0.1) is 0 Å². The van der Waals surface area contributed by atoms with Crippen molar-refractivity contribution in [2.24, 2.45) is 5.41 Å². The molecule has 0 heterocycles. The van der Waals surface area contributed by atoms with Crippen molar-refractivity contribution in [2.75, 3.05) is 5.32 Å². The van der Waals surface area contributed by atoms with Crippen LogP contribution in [0.15, 0.2) is 24.3 Å². The summed E-state index contributed by atoms with van der Waals surface area (Å²) >= 11 is 0. The Hall–Kier alpha value is -2.11. The molecule has 2 amide bonds. The van der Waals surface area contributed by atoms with Crippen LogP contribution in [0.4, 0.5) is 14.9 Å². The van der Waals surface area contributed by atoms with E-state index in [2.05, 4.69) is 10.6 Å². The summed E-state index contributed by atoms with van der Waals surface area (Å²) in [6.07, 6.45) is 0.325. The normalized spacial score (nSPS) is 12.6. The average Bonchev–Trinajstić information content (AvgIpc) is 2.28. The van der Waals surface area contributed by atoms with Crippen LogP contribution in [0.2, 0.25) is 0 Å². The SMILES string of the molecule is CC(C)(C)CC(CC(=O)O)NC(=O)Nc1ccccc1F. The number of aliphatic carboxylic acids is 1. The zero-order valence-electron chi connectivity index (χ0n) is 12.4. The van der Waals surface area contributed by atoms with Crippen LogP contribution in [-0.2, 0) is 4.79 Å². The molecule has 0 fully saturated rings. The molecule has 116 valence electrons. The summed E-state index contributed by atoms with van der Waals surface area (Å²) in [6, 6.07) is 4.66. The Labute approximate surface area is 123 Å². The Bertz CT molecular complexity index is 512. The van der Waals surface area contributed by atoms with Crippen molar-refractivity contribution < 1.29 is 19.1 Å². The average molecular weight is 296 g/mol. The molecule has 1 aromatic rings. The monoisotopic (exact) mass is 296 g/mol. The topological polar surface area (TPSA) is 78.4 Å². The van der Waals surface area contributed by atoms with Crippen LogP contribution in [0, 0.1) is 11.2 Å². The second kappa shape index (κ2) is 7.06. The van der Waals surface area contributed by atoms with Crippen LogP contribution in [0.3, 0.4) is 0 Å². The number of halogens is 1. The van der Waals surface area contributed by atoms with Gasteiger partial charge in [-0.1, -0.05) is 32.9 Å². The van der Waals surface area contributed by atoms with E-state index in [0.29, 0.717) is 6.42 Å². The third-order valence-electron chi connectivity index (χ3n) is 2.74. The standard InChI is InChI=1S/C15H21FN2O3/c1-15(2,3)9-10(8-13(19)20)17-14(21)18-12-7-5-4-6-11(12)16/h4-7,10H,8-9H2,1-3H3,(H,19,20)(H2,17,18,21). The number of anilines is 1. The van der Waals surface area contributed by atoms with Gasteiger partial charge < -0.3 is 15.7 Å². The van der Waals surface area contributed by atoms with Gasteiger partial charge in [-0.25, -0.2) is 9.18 Å². The Morgan fingerprint density at radius 3 is 2.43 bits per heavy atom. The molecule has 1 aromatic carbocycles. The molecule has 0 radical (unpaired) electrons. The Morgan fingerprint density at radius 1 is 1.29 bits per heavy atom. The molecule has 21 heavy (non-hydrogen) atoms. The summed E-state index contributed by atoms with van der Waals surface area (Å²) in [6.45, 7) is 5.87.